The van der Waals surface area contributed by atoms with E-state index in [1.165, 1.54) is 24.3 Å². The Balaban J connectivity index is 2.05. The van der Waals surface area contributed by atoms with Gasteiger partial charge in [0.25, 0.3) is 5.69 Å². The fourth-order valence-corrected chi connectivity index (χ4v) is 2.39. The van der Waals surface area contributed by atoms with Crippen LogP contribution in [0.3, 0.4) is 0 Å². The molecule has 2 amide bonds. The number of carbonyl (C=O) groups excluding carboxylic acids is 1. The number of nitrogens with zero attached hydrogens (tertiary/aromatic N) is 2. The smallest absolute Gasteiger partial charge is 0.317 e. The maximum Gasteiger partial charge on any atom is 0.322 e. The van der Waals surface area contributed by atoms with E-state index in [0.29, 0.717) is 5.69 Å². The molecular weight excluding hydrogens is 260 g/mol. The number of amides is 2. The summed E-state index contributed by atoms with van der Waals surface area (Å²) in [7, 11) is 0. The largest absolute Gasteiger partial charge is 0.322 e. The number of benzene rings is 1. The molecule has 7 heteroatoms. The lowest BCUT2D eigenvalue weighted by Crippen LogP contribution is -2.58. The van der Waals surface area contributed by atoms with Crippen molar-refractivity contribution >= 4 is 17.4 Å². The molecule has 1 aliphatic rings. The number of nitro benzene ring substituents is 1. The number of hydrogen-bond acceptors (Lipinski definition) is 4. The van der Waals surface area contributed by atoms with Gasteiger partial charge in [-0.3, -0.25) is 10.1 Å². The van der Waals surface area contributed by atoms with Gasteiger partial charge in [0.2, 0.25) is 0 Å². The van der Waals surface area contributed by atoms with Gasteiger partial charge in [0.1, 0.15) is 0 Å². The van der Waals surface area contributed by atoms with E-state index in [2.05, 4.69) is 10.6 Å². The minimum Gasteiger partial charge on any atom is -0.317 e. The highest BCUT2D eigenvalue weighted by Crippen LogP contribution is 2.17. The van der Waals surface area contributed by atoms with Gasteiger partial charge in [0, 0.05) is 43.0 Å². The second-order valence-electron chi connectivity index (χ2n) is 5.00. The van der Waals surface area contributed by atoms with E-state index in [1.807, 2.05) is 13.8 Å². The van der Waals surface area contributed by atoms with Crippen molar-refractivity contribution in [3.05, 3.63) is 34.4 Å². The van der Waals surface area contributed by atoms with E-state index in [4.69, 9.17) is 0 Å². The van der Waals surface area contributed by atoms with E-state index in [0.717, 1.165) is 13.1 Å². The van der Waals surface area contributed by atoms with Gasteiger partial charge >= 0.3 is 6.03 Å². The number of carbonyl (C=O) groups is 1. The minimum atomic E-state index is -0.466. The highest BCUT2D eigenvalue weighted by molar-refractivity contribution is 5.90. The van der Waals surface area contributed by atoms with Crippen LogP contribution in [-0.2, 0) is 0 Å². The van der Waals surface area contributed by atoms with Crippen molar-refractivity contribution in [2.24, 2.45) is 0 Å². The second kappa shape index (κ2) is 5.87. The lowest BCUT2D eigenvalue weighted by atomic mass is 10.1. The van der Waals surface area contributed by atoms with Crippen LogP contribution in [0.1, 0.15) is 13.8 Å². The average molecular weight is 278 g/mol. The van der Waals surface area contributed by atoms with Gasteiger partial charge in [-0.25, -0.2) is 4.79 Å². The summed E-state index contributed by atoms with van der Waals surface area (Å²) in [6.45, 7) is 5.49. The lowest BCUT2D eigenvalue weighted by molar-refractivity contribution is -0.384. The van der Waals surface area contributed by atoms with Crippen molar-refractivity contribution in [3.8, 4) is 0 Å². The van der Waals surface area contributed by atoms with Crippen LogP contribution in [0.5, 0.6) is 0 Å². The van der Waals surface area contributed by atoms with Crippen LogP contribution in [0, 0.1) is 10.1 Å². The molecule has 7 nitrogen and oxygen atoms in total. The number of non-ortho nitro benzene ring substituents is 1. The molecule has 2 atom stereocenters. The summed E-state index contributed by atoms with van der Waals surface area (Å²) < 4.78 is 0. The molecule has 1 aromatic rings. The molecule has 1 aliphatic heterocycles. The number of rotatable bonds is 2. The first-order valence-corrected chi connectivity index (χ1v) is 6.53. The fraction of sp³-hybridized carbons (Fsp3) is 0.462. The van der Waals surface area contributed by atoms with Crippen molar-refractivity contribution in [2.75, 3.05) is 18.4 Å². The normalized spacial score (nSPS) is 22.4. The number of anilines is 1. The molecule has 0 bridgehead atoms. The van der Waals surface area contributed by atoms with Gasteiger partial charge in [-0.15, -0.1) is 0 Å². The third-order valence-corrected chi connectivity index (χ3v) is 3.39. The predicted octanol–water partition coefficient (Wildman–Crippen LogP) is 1.81. The highest BCUT2D eigenvalue weighted by Gasteiger charge is 2.28. The van der Waals surface area contributed by atoms with E-state index >= 15 is 0 Å². The molecule has 0 aliphatic carbocycles. The van der Waals surface area contributed by atoms with Gasteiger partial charge in [-0.1, -0.05) is 0 Å². The molecule has 2 N–H and O–H groups in total. The van der Waals surface area contributed by atoms with Crippen LogP contribution in [0.4, 0.5) is 16.2 Å². The highest BCUT2D eigenvalue weighted by atomic mass is 16.6. The van der Waals surface area contributed by atoms with Crippen LogP contribution >= 0.6 is 0 Å². The topological polar surface area (TPSA) is 87.5 Å². The Morgan fingerprint density at radius 1 is 1.30 bits per heavy atom. The van der Waals surface area contributed by atoms with Gasteiger partial charge in [-0.2, -0.15) is 0 Å². The van der Waals surface area contributed by atoms with E-state index < -0.39 is 4.92 Å². The maximum atomic E-state index is 12.3. The van der Waals surface area contributed by atoms with Crippen LogP contribution in [0.2, 0.25) is 0 Å². The summed E-state index contributed by atoms with van der Waals surface area (Å²) in [5.74, 6) is 0. The molecule has 1 aromatic carbocycles. The zero-order chi connectivity index (χ0) is 14.7. The molecule has 1 saturated heterocycles. The SMILES string of the molecule is CC1CNCC(C)N1C(=O)Nc1ccc([N+](=O)[O-])cc1. The first-order chi connectivity index (χ1) is 9.49. The quantitative estimate of drug-likeness (QED) is 0.638. The number of urea groups is 1. The summed E-state index contributed by atoms with van der Waals surface area (Å²) in [6, 6.07) is 5.86. The van der Waals surface area contributed by atoms with Crippen molar-refractivity contribution < 1.29 is 9.72 Å². The van der Waals surface area contributed by atoms with Crippen LogP contribution < -0.4 is 10.6 Å². The standard InChI is InChI=1S/C13H18N4O3/c1-9-7-14-8-10(2)16(9)13(18)15-11-3-5-12(6-4-11)17(19)20/h3-6,9-10,14H,7-8H2,1-2H3,(H,15,18). The van der Waals surface area contributed by atoms with Gasteiger partial charge in [0.05, 0.1) is 4.92 Å². The first kappa shape index (κ1) is 14.3. The van der Waals surface area contributed by atoms with Crippen LogP contribution in [0.25, 0.3) is 0 Å². The molecule has 1 heterocycles. The van der Waals surface area contributed by atoms with E-state index in [1.54, 1.807) is 4.90 Å². The second-order valence-corrected chi connectivity index (χ2v) is 5.00. The zero-order valence-corrected chi connectivity index (χ0v) is 11.5. The van der Waals surface area contributed by atoms with Gasteiger partial charge in [0.15, 0.2) is 0 Å². The molecule has 0 radical (unpaired) electrons. The number of piperazine rings is 1. The zero-order valence-electron chi connectivity index (χ0n) is 11.5. The number of nitrogens with one attached hydrogen (secondary N) is 2. The van der Waals surface area contributed by atoms with Crippen LogP contribution in [-0.4, -0.2) is 41.0 Å². The van der Waals surface area contributed by atoms with Gasteiger partial charge in [-0.05, 0) is 26.0 Å². The summed E-state index contributed by atoms with van der Waals surface area (Å²) in [5.41, 5.74) is 0.561. The van der Waals surface area contributed by atoms with Gasteiger partial charge < -0.3 is 15.5 Å². The van der Waals surface area contributed by atoms with Crippen LogP contribution in [0.15, 0.2) is 24.3 Å². The Labute approximate surface area is 117 Å². The molecular formula is C13H18N4O3. The Bertz CT molecular complexity index is 493. The molecule has 20 heavy (non-hydrogen) atoms. The molecule has 2 unspecified atom stereocenters. The number of hydrogen-bond donors (Lipinski definition) is 2. The van der Waals surface area contributed by atoms with Crippen molar-refractivity contribution in [2.45, 2.75) is 25.9 Å². The Morgan fingerprint density at radius 2 is 1.85 bits per heavy atom. The Hall–Kier alpha value is -2.15. The summed E-state index contributed by atoms with van der Waals surface area (Å²) in [4.78, 5) is 24.2. The van der Waals surface area contributed by atoms with Crippen molar-refractivity contribution in [3.63, 3.8) is 0 Å². The fourth-order valence-electron chi connectivity index (χ4n) is 2.39. The van der Waals surface area contributed by atoms with Crippen molar-refractivity contribution in [1.82, 2.24) is 10.2 Å². The minimum absolute atomic E-state index is 0.00640. The Kier molecular flexibility index (Phi) is 4.19. The third-order valence-electron chi connectivity index (χ3n) is 3.39. The molecule has 0 saturated carbocycles. The molecule has 1 fully saturated rings. The molecule has 0 spiro atoms. The molecule has 2 rings (SSSR count). The average Bonchev–Trinajstić information content (AvgIpc) is 2.39. The predicted molar refractivity (Wildman–Crippen MR) is 75.7 cm³/mol. The van der Waals surface area contributed by atoms with E-state index in [-0.39, 0.29) is 23.8 Å². The number of nitro groups is 1. The maximum absolute atomic E-state index is 12.3. The molecule has 108 valence electrons. The Morgan fingerprint density at radius 3 is 2.35 bits per heavy atom. The summed E-state index contributed by atoms with van der Waals surface area (Å²) >= 11 is 0. The van der Waals surface area contributed by atoms with E-state index in [9.17, 15) is 14.9 Å². The summed E-state index contributed by atoms with van der Waals surface area (Å²) in [6.07, 6.45) is 0. The lowest BCUT2D eigenvalue weighted by Gasteiger charge is -2.39. The third kappa shape index (κ3) is 3.05. The molecule has 0 aromatic heterocycles. The van der Waals surface area contributed by atoms with Crippen molar-refractivity contribution in [1.29, 1.82) is 0 Å². The summed E-state index contributed by atoms with van der Waals surface area (Å²) in [5, 5.41) is 16.6. The first-order valence-electron chi connectivity index (χ1n) is 6.53. The monoisotopic (exact) mass is 278 g/mol.